The zero-order valence-corrected chi connectivity index (χ0v) is 11.7. The summed E-state index contributed by atoms with van der Waals surface area (Å²) >= 11 is 0. The highest BCUT2D eigenvalue weighted by Gasteiger charge is 2.05. The molecule has 1 aromatic heterocycles. The lowest BCUT2D eigenvalue weighted by atomic mass is 10.1. The molecule has 1 atom stereocenters. The number of aromatic nitrogens is 1. The zero-order valence-electron chi connectivity index (χ0n) is 11.7. The molecule has 0 aliphatic carbocycles. The Morgan fingerprint density at radius 3 is 2.71 bits per heavy atom. The van der Waals surface area contributed by atoms with E-state index in [1.165, 1.54) is 12.1 Å². The third kappa shape index (κ3) is 4.54. The highest BCUT2D eigenvalue weighted by molar-refractivity contribution is 5.35. The Labute approximate surface area is 122 Å². The lowest BCUT2D eigenvalue weighted by Gasteiger charge is -2.14. The molecule has 0 saturated heterocycles. The Balaban J connectivity index is 1.73. The number of benzene rings is 1. The van der Waals surface area contributed by atoms with Gasteiger partial charge in [0.25, 0.3) is 5.69 Å². The molecule has 6 heteroatoms. The first-order valence-corrected chi connectivity index (χ1v) is 6.67. The summed E-state index contributed by atoms with van der Waals surface area (Å²) in [5, 5.41) is 13.9. The number of nitrogens with one attached hydrogen (secondary N) is 1. The minimum atomic E-state index is -0.430. The number of non-ortho nitro benzene ring substituents is 1. The molecule has 0 radical (unpaired) electrons. The molecule has 0 saturated carbocycles. The first-order valence-electron chi connectivity index (χ1n) is 6.67. The topological polar surface area (TPSA) is 77.3 Å². The molecule has 1 N–H and O–H groups in total. The van der Waals surface area contributed by atoms with Gasteiger partial charge in [-0.3, -0.25) is 15.1 Å². The minimum absolute atomic E-state index is 0.0608. The smallest absolute Gasteiger partial charge is 0.269 e. The fourth-order valence-corrected chi connectivity index (χ4v) is 1.86. The Hall–Kier alpha value is -2.47. The molecule has 0 bridgehead atoms. The molecule has 1 aromatic carbocycles. The van der Waals surface area contributed by atoms with Gasteiger partial charge in [-0.15, -0.1) is 0 Å². The maximum atomic E-state index is 10.5. The second-order valence-corrected chi connectivity index (χ2v) is 4.56. The van der Waals surface area contributed by atoms with E-state index in [0.717, 1.165) is 5.56 Å². The van der Waals surface area contributed by atoms with Crippen LogP contribution in [0.25, 0.3) is 0 Å². The molecule has 21 heavy (non-hydrogen) atoms. The van der Waals surface area contributed by atoms with Crippen molar-refractivity contribution < 1.29 is 9.66 Å². The van der Waals surface area contributed by atoms with E-state index >= 15 is 0 Å². The van der Waals surface area contributed by atoms with Crippen molar-refractivity contribution in [3.8, 4) is 5.75 Å². The van der Waals surface area contributed by atoms with Gasteiger partial charge in [0.05, 0.1) is 4.92 Å². The van der Waals surface area contributed by atoms with Gasteiger partial charge in [0.2, 0.25) is 0 Å². The van der Waals surface area contributed by atoms with E-state index in [0.29, 0.717) is 18.9 Å². The Kier molecular flexibility index (Phi) is 5.22. The van der Waals surface area contributed by atoms with E-state index in [9.17, 15) is 10.1 Å². The molecule has 2 rings (SSSR count). The third-order valence-electron chi connectivity index (χ3n) is 3.05. The SMILES string of the molecule is C[C@@H](NCCOc1ccc([N+](=O)[O-])cc1)c1cccnc1. The monoisotopic (exact) mass is 287 g/mol. The molecular weight excluding hydrogens is 270 g/mol. The zero-order chi connectivity index (χ0) is 15.1. The van der Waals surface area contributed by atoms with Crippen LogP contribution in [0, 0.1) is 10.1 Å². The Morgan fingerprint density at radius 1 is 1.33 bits per heavy atom. The molecule has 0 unspecified atom stereocenters. The molecule has 110 valence electrons. The maximum Gasteiger partial charge on any atom is 0.269 e. The predicted octanol–water partition coefficient (Wildman–Crippen LogP) is 2.72. The number of nitro groups is 1. The van der Waals surface area contributed by atoms with Crippen LogP contribution >= 0.6 is 0 Å². The van der Waals surface area contributed by atoms with E-state index in [1.807, 2.05) is 18.3 Å². The van der Waals surface area contributed by atoms with Crippen molar-refractivity contribution in [3.05, 3.63) is 64.5 Å². The summed E-state index contributed by atoms with van der Waals surface area (Å²) in [4.78, 5) is 14.2. The number of hydrogen-bond acceptors (Lipinski definition) is 5. The van der Waals surface area contributed by atoms with E-state index in [-0.39, 0.29) is 11.7 Å². The molecule has 1 heterocycles. The van der Waals surface area contributed by atoms with E-state index in [4.69, 9.17) is 4.74 Å². The average Bonchev–Trinajstić information content (AvgIpc) is 2.52. The normalized spacial score (nSPS) is 11.9. The second kappa shape index (κ2) is 7.35. The van der Waals surface area contributed by atoms with E-state index in [1.54, 1.807) is 18.3 Å². The van der Waals surface area contributed by atoms with Crippen LogP contribution in [-0.2, 0) is 0 Å². The van der Waals surface area contributed by atoms with Crippen LogP contribution in [0.15, 0.2) is 48.8 Å². The highest BCUT2D eigenvalue weighted by Crippen LogP contribution is 2.17. The fraction of sp³-hybridized carbons (Fsp3) is 0.267. The van der Waals surface area contributed by atoms with Gasteiger partial charge in [-0.2, -0.15) is 0 Å². The first kappa shape index (κ1) is 14.9. The van der Waals surface area contributed by atoms with Crippen LogP contribution in [0.1, 0.15) is 18.5 Å². The molecule has 0 amide bonds. The standard InChI is InChI=1S/C15H17N3O3/c1-12(13-3-2-8-16-11-13)17-9-10-21-15-6-4-14(5-7-15)18(19)20/h2-8,11-12,17H,9-10H2,1H3/t12-/m1/s1. The van der Waals surface area contributed by atoms with Crippen molar-refractivity contribution in [3.63, 3.8) is 0 Å². The van der Waals surface area contributed by atoms with Crippen LogP contribution in [0.4, 0.5) is 5.69 Å². The van der Waals surface area contributed by atoms with Crippen molar-refractivity contribution in [1.29, 1.82) is 0 Å². The molecule has 0 aliphatic heterocycles. The quantitative estimate of drug-likeness (QED) is 0.481. The summed E-state index contributed by atoms with van der Waals surface area (Å²) in [6, 6.07) is 10.2. The van der Waals surface area contributed by atoms with Gasteiger partial charge in [-0.25, -0.2) is 0 Å². The predicted molar refractivity (Wildman–Crippen MR) is 79.2 cm³/mol. The Bertz CT molecular complexity index is 572. The molecule has 0 spiro atoms. The van der Waals surface area contributed by atoms with Gasteiger partial charge in [-0.05, 0) is 30.7 Å². The van der Waals surface area contributed by atoms with Gasteiger partial charge in [0.1, 0.15) is 12.4 Å². The van der Waals surface area contributed by atoms with E-state index in [2.05, 4.69) is 17.2 Å². The van der Waals surface area contributed by atoms with Crippen LogP contribution in [-0.4, -0.2) is 23.1 Å². The van der Waals surface area contributed by atoms with Gasteiger partial charge in [0, 0.05) is 37.1 Å². The van der Waals surface area contributed by atoms with Crippen molar-refractivity contribution in [2.24, 2.45) is 0 Å². The van der Waals surface area contributed by atoms with Gasteiger partial charge in [-0.1, -0.05) is 6.07 Å². The largest absolute Gasteiger partial charge is 0.492 e. The van der Waals surface area contributed by atoms with Crippen molar-refractivity contribution in [1.82, 2.24) is 10.3 Å². The van der Waals surface area contributed by atoms with Crippen LogP contribution in [0.3, 0.4) is 0 Å². The number of pyridine rings is 1. The van der Waals surface area contributed by atoms with Gasteiger partial charge in [0.15, 0.2) is 0 Å². The maximum absolute atomic E-state index is 10.5. The molecule has 0 fully saturated rings. The summed E-state index contributed by atoms with van der Waals surface area (Å²) in [5.74, 6) is 0.622. The van der Waals surface area contributed by atoms with Crippen molar-refractivity contribution in [2.45, 2.75) is 13.0 Å². The van der Waals surface area contributed by atoms with Crippen molar-refractivity contribution >= 4 is 5.69 Å². The fourth-order valence-electron chi connectivity index (χ4n) is 1.86. The summed E-state index contributed by atoms with van der Waals surface area (Å²) in [6.07, 6.45) is 3.57. The second-order valence-electron chi connectivity index (χ2n) is 4.56. The molecule has 6 nitrogen and oxygen atoms in total. The minimum Gasteiger partial charge on any atom is -0.492 e. The van der Waals surface area contributed by atoms with Gasteiger partial charge < -0.3 is 10.1 Å². The number of ether oxygens (including phenoxy) is 1. The van der Waals surface area contributed by atoms with Crippen molar-refractivity contribution in [2.75, 3.05) is 13.2 Å². The van der Waals surface area contributed by atoms with E-state index < -0.39 is 4.92 Å². The highest BCUT2D eigenvalue weighted by atomic mass is 16.6. The number of nitrogens with zero attached hydrogens (tertiary/aromatic N) is 2. The molecule has 2 aromatic rings. The lowest BCUT2D eigenvalue weighted by Crippen LogP contribution is -2.24. The summed E-state index contributed by atoms with van der Waals surface area (Å²) in [7, 11) is 0. The lowest BCUT2D eigenvalue weighted by molar-refractivity contribution is -0.384. The summed E-state index contributed by atoms with van der Waals surface area (Å²) < 4.78 is 5.53. The number of nitro benzene ring substituents is 1. The van der Waals surface area contributed by atoms with Crippen LogP contribution in [0.2, 0.25) is 0 Å². The average molecular weight is 287 g/mol. The molecule has 0 aliphatic rings. The van der Waals surface area contributed by atoms with Crippen LogP contribution in [0.5, 0.6) is 5.75 Å². The van der Waals surface area contributed by atoms with Gasteiger partial charge >= 0.3 is 0 Å². The third-order valence-corrected chi connectivity index (χ3v) is 3.05. The Morgan fingerprint density at radius 2 is 2.10 bits per heavy atom. The first-order chi connectivity index (χ1) is 10.2. The van der Waals surface area contributed by atoms with Crippen LogP contribution < -0.4 is 10.1 Å². The number of hydrogen-bond donors (Lipinski definition) is 1. The number of rotatable bonds is 7. The molecular formula is C15H17N3O3. The summed E-state index contributed by atoms with van der Waals surface area (Å²) in [5.41, 5.74) is 1.18. The summed E-state index contributed by atoms with van der Waals surface area (Å²) in [6.45, 7) is 3.22.